The number of esters is 1. The Morgan fingerprint density at radius 2 is 1.74 bits per heavy atom. The summed E-state index contributed by atoms with van der Waals surface area (Å²) in [6.45, 7) is 5.50. The third kappa shape index (κ3) is 2.94. The summed E-state index contributed by atoms with van der Waals surface area (Å²) in [5.74, 6) is -0.900. The van der Waals surface area contributed by atoms with Crippen molar-refractivity contribution >= 4 is 11.8 Å². The highest BCUT2D eigenvalue weighted by Gasteiger charge is 2.77. The topological polar surface area (TPSA) is 104 Å². The van der Waals surface area contributed by atoms with Crippen LogP contribution in [0.1, 0.15) is 76.1 Å². The molecule has 0 aliphatic heterocycles. The number of aliphatic hydroxyl groups excluding tert-OH is 1. The summed E-state index contributed by atoms with van der Waals surface area (Å²) in [5.41, 5.74) is -3.98. The Balaban J connectivity index is 1.61. The largest absolute Gasteiger partial charge is 0.513 e. The smallest absolute Gasteiger partial charge is 0.338 e. The SMILES string of the molecule is CC(=O)C1CCC2(O)C3(O)CCC4C=C(O)CCC4(C)C3CC(OC(=O)c3ccccc3)C12C. The maximum atomic E-state index is 13.2. The minimum absolute atomic E-state index is 0.0494. The minimum Gasteiger partial charge on any atom is -0.513 e. The Morgan fingerprint density at radius 3 is 2.41 bits per heavy atom. The van der Waals surface area contributed by atoms with Crippen molar-refractivity contribution in [2.24, 2.45) is 28.6 Å². The number of allylic oxidation sites excluding steroid dienone is 2. The molecule has 1 aromatic carbocycles. The number of carbonyl (C=O) groups excluding carboxylic acids is 2. The third-order valence-corrected chi connectivity index (χ3v) is 10.4. The molecule has 0 aromatic heterocycles. The third-order valence-electron chi connectivity index (χ3n) is 10.4. The minimum atomic E-state index is -1.56. The molecule has 3 saturated carbocycles. The van der Waals surface area contributed by atoms with E-state index in [0.717, 1.165) is 0 Å². The number of carbonyl (C=O) groups is 2. The van der Waals surface area contributed by atoms with Gasteiger partial charge in [-0.3, -0.25) is 4.79 Å². The molecule has 0 saturated heterocycles. The van der Waals surface area contributed by atoms with Gasteiger partial charge in [-0.15, -0.1) is 0 Å². The summed E-state index contributed by atoms with van der Waals surface area (Å²) in [6, 6.07) is 8.76. The molecular formula is C28H36O6. The molecule has 5 rings (SSSR count). The summed E-state index contributed by atoms with van der Waals surface area (Å²) in [6.07, 6.45) is 4.58. The van der Waals surface area contributed by atoms with Crippen molar-refractivity contribution in [3.8, 4) is 0 Å². The number of benzene rings is 1. The average Bonchev–Trinajstić information content (AvgIpc) is 3.10. The summed E-state index contributed by atoms with van der Waals surface area (Å²) in [5, 5.41) is 34.9. The van der Waals surface area contributed by atoms with Crippen LogP contribution in [0.5, 0.6) is 0 Å². The van der Waals surface area contributed by atoms with Crippen molar-refractivity contribution in [1.82, 2.24) is 0 Å². The predicted octanol–water partition coefficient (Wildman–Crippen LogP) is 4.35. The number of hydrogen-bond acceptors (Lipinski definition) is 6. The lowest BCUT2D eigenvalue weighted by atomic mass is 9.41. The van der Waals surface area contributed by atoms with Gasteiger partial charge in [-0.2, -0.15) is 0 Å². The van der Waals surface area contributed by atoms with E-state index >= 15 is 0 Å². The van der Waals surface area contributed by atoms with Gasteiger partial charge in [0.15, 0.2) is 0 Å². The molecule has 34 heavy (non-hydrogen) atoms. The number of aliphatic hydroxyl groups is 3. The summed E-state index contributed by atoms with van der Waals surface area (Å²) >= 11 is 0. The zero-order valence-electron chi connectivity index (χ0n) is 20.3. The van der Waals surface area contributed by atoms with Crippen molar-refractivity contribution in [2.75, 3.05) is 0 Å². The summed E-state index contributed by atoms with van der Waals surface area (Å²) in [4.78, 5) is 25.9. The molecule has 0 heterocycles. The van der Waals surface area contributed by atoms with Crippen LogP contribution in [0, 0.1) is 28.6 Å². The van der Waals surface area contributed by atoms with E-state index in [9.17, 15) is 24.9 Å². The Bertz CT molecular complexity index is 1030. The van der Waals surface area contributed by atoms with Gasteiger partial charge in [0.05, 0.1) is 16.9 Å². The van der Waals surface area contributed by atoms with E-state index in [1.807, 2.05) is 19.1 Å². The van der Waals surface area contributed by atoms with Crippen LogP contribution in [0.25, 0.3) is 0 Å². The number of Topliss-reactive ketones (excluding diaryl/α,β-unsaturated/α-hetero) is 1. The molecule has 1 aromatic rings. The molecule has 0 amide bonds. The first kappa shape index (κ1) is 23.6. The highest BCUT2D eigenvalue weighted by molar-refractivity contribution is 5.89. The maximum Gasteiger partial charge on any atom is 0.338 e. The van der Waals surface area contributed by atoms with Gasteiger partial charge in [-0.05, 0) is 80.9 Å². The molecule has 8 unspecified atom stereocenters. The Labute approximate surface area is 201 Å². The molecular weight excluding hydrogens is 432 g/mol. The van der Waals surface area contributed by atoms with Gasteiger partial charge in [0, 0.05) is 17.8 Å². The van der Waals surface area contributed by atoms with Crippen LogP contribution >= 0.6 is 0 Å². The second kappa shape index (κ2) is 7.66. The van der Waals surface area contributed by atoms with Crippen LogP contribution in [-0.2, 0) is 9.53 Å². The number of fused-ring (bicyclic) bond motifs is 5. The Kier molecular flexibility index (Phi) is 5.31. The van der Waals surface area contributed by atoms with E-state index in [1.165, 1.54) is 6.92 Å². The van der Waals surface area contributed by atoms with Gasteiger partial charge >= 0.3 is 5.97 Å². The van der Waals surface area contributed by atoms with E-state index < -0.39 is 34.6 Å². The predicted molar refractivity (Wildman–Crippen MR) is 126 cm³/mol. The van der Waals surface area contributed by atoms with Crippen LogP contribution in [0.3, 0.4) is 0 Å². The zero-order valence-corrected chi connectivity index (χ0v) is 20.3. The molecule has 3 fully saturated rings. The lowest BCUT2D eigenvalue weighted by Gasteiger charge is -2.67. The van der Waals surface area contributed by atoms with Crippen molar-refractivity contribution in [3.05, 3.63) is 47.7 Å². The lowest BCUT2D eigenvalue weighted by molar-refractivity contribution is -0.313. The van der Waals surface area contributed by atoms with Gasteiger partial charge in [-0.25, -0.2) is 4.79 Å². The van der Waals surface area contributed by atoms with E-state index in [2.05, 4.69) is 6.92 Å². The summed E-state index contributed by atoms with van der Waals surface area (Å²) in [7, 11) is 0. The standard InChI is InChI=1S/C28H36O6/c1-17(29)21-11-14-28(33)26(21,3)23(34-24(31)18-7-5-4-6-8-18)16-22-25(2)12-10-20(30)15-19(25)9-13-27(22,28)32/h4-8,15,19,21-23,30,32-33H,9-14,16H2,1-3H3. The van der Waals surface area contributed by atoms with E-state index in [-0.39, 0.29) is 23.0 Å². The first-order valence-electron chi connectivity index (χ1n) is 12.6. The first-order chi connectivity index (χ1) is 16.0. The molecule has 4 aliphatic rings. The average molecular weight is 469 g/mol. The molecule has 0 radical (unpaired) electrons. The van der Waals surface area contributed by atoms with Gasteiger partial charge in [0.25, 0.3) is 0 Å². The van der Waals surface area contributed by atoms with E-state index in [4.69, 9.17) is 4.74 Å². The highest BCUT2D eigenvalue weighted by Crippen LogP contribution is 2.70. The van der Waals surface area contributed by atoms with Crippen LogP contribution in [0.15, 0.2) is 42.2 Å². The Hall–Kier alpha value is -2.18. The fourth-order valence-corrected chi connectivity index (χ4v) is 8.40. The van der Waals surface area contributed by atoms with Gasteiger partial charge in [0.2, 0.25) is 0 Å². The second-order valence-corrected chi connectivity index (χ2v) is 11.6. The Morgan fingerprint density at radius 1 is 1.03 bits per heavy atom. The second-order valence-electron chi connectivity index (χ2n) is 11.6. The van der Waals surface area contributed by atoms with Crippen molar-refractivity contribution in [2.45, 2.75) is 83.0 Å². The quantitative estimate of drug-likeness (QED) is 0.570. The maximum absolute atomic E-state index is 13.2. The van der Waals surface area contributed by atoms with Crippen LogP contribution < -0.4 is 0 Å². The molecule has 6 nitrogen and oxygen atoms in total. The molecule has 3 N–H and O–H groups in total. The van der Waals surface area contributed by atoms with Crippen LogP contribution in [0.2, 0.25) is 0 Å². The van der Waals surface area contributed by atoms with Gasteiger partial charge in [0.1, 0.15) is 17.5 Å². The first-order valence-corrected chi connectivity index (χ1v) is 12.6. The molecule has 4 aliphatic carbocycles. The van der Waals surface area contributed by atoms with Crippen molar-refractivity contribution < 1.29 is 29.6 Å². The normalized spacial score (nSPS) is 45.4. The van der Waals surface area contributed by atoms with Gasteiger partial charge < -0.3 is 20.1 Å². The molecule has 0 spiro atoms. The lowest BCUT2D eigenvalue weighted by Crippen LogP contribution is -2.76. The monoisotopic (exact) mass is 468 g/mol. The fourth-order valence-electron chi connectivity index (χ4n) is 8.40. The highest BCUT2D eigenvalue weighted by atomic mass is 16.5. The number of ether oxygens (including phenoxy) is 1. The summed E-state index contributed by atoms with van der Waals surface area (Å²) < 4.78 is 6.15. The van der Waals surface area contributed by atoms with Crippen molar-refractivity contribution in [1.29, 1.82) is 0 Å². The van der Waals surface area contributed by atoms with Crippen LogP contribution in [0.4, 0.5) is 0 Å². The number of rotatable bonds is 3. The molecule has 8 atom stereocenters. The van der Waals surface area contributed by atoms with E-state index in [0.29, 0.717) is 56.3 Å². The van der Waals surface area contributed by atoms with Gasteiger partial charge in [-0.1, -0.05) is 32.0 Å². The van der Waals surface area contributed by atoms with E-state index in [1.54, 1.807) is 24.3 Å². The molecule has 6 heteroatoms. The van der Waals surface area contributed by atoms with Crippen LogP contribution in [-0.4, -0.2) is 44.4 Å². The number of hydrogen-bond donors (Lipinski definition) is 3. The number of ketones is 1. The zero-order chi connectivity index (χ0) is 24.5. The van der Waals surface area contributed by atoms with Crippen molar-refractivity contribution in [3.63, 3.8) is 0 Å². The fraction of sp³-hybridized carbons (Fsp3) is 0.643. The molecule has 184 valence electrons. The molecule has 0 bridgehead atoms.